The Morgan fingerprint density at radius 2 is 2.29 bits per heavy atom. The summed E-state index contributed by atoms with van der Waals surface area (Å²) >= 11 is 0. The third-order valence-corrected chi connectivity index (χ3v) is 3.56. The molecule has 1 saturated heterocycles. The molecule has 7 nitrogen and oxygen atoms in total. The van der Waals surface area contributed by atoms with E-state index in [4.69, 9.17) is 5.11 Å². The molecule has 1 aliphatic heterocycles. The maximum atomic E-state index is 11.1. The molecule has 7 heteroatoms. The van der Waals surface area contributed by atoms with Crippen molar-refractivity contribution in [2.45, 2.75) is 39.3 Å². The topological polar surface area (TPSA) is 95.4 Å². The molecule has 1 fully saturated rings. The van der Waals surface area contributed by atoms with Gasteiger partial charge in [0.05, 0.1) is 18.3 Å². The first-order valence-electron chi connectivity index (χ1n) is 7.00. The maximum Gasteiger partial charge on any atom is 0.317 e. The van der Waals surface area contributed by atoms with E-state index < -0.39 is 5.97 Å². The van der Waals surface area contributed by atoms with Gasteiger partial charge in [-0.1, -0.05) is 0 Å². The zero-order valence-corrected chi connectivity index (χ0v) is 12.3. The molecule has 0 bridgehead atoms. The quantitative estimate of drug-likeness (QED) is 0.827. The van der Waals surface area contributed by atoms with Crippen LogP contribution in [-0.2, 0) is 16.1 Å². The zero-order valence-electron chi connectivity index (χ0n) is 12.3. The molecule has 0 spiro atoms. The van der Waals surface area contributed by atoms with Gasteiger partial charge in [0.2, 0.25) is 5.91 Å². The molecule has 1 aromatic heterocycles. The number of rotatable bonds is 5. The SMILES string of the molecule is CC(=O)NCc1cnc(C)nc1[C@H]1CCCN1CC(=O)O. The Kier molecular flexibility index (Phi) is 4.85. The monoisotopic (exact) mass is 292 g/mol. The zero-order chi connectivity index (χ0) is 15.4. The molecule has 1 amide bonds. The summed E-state index contributed by atoms with van der Waals surface area (Å²) < 4.78 is 0. The lowest BCUT2D eigenvalue weighted by molar-refractivity contribution is -0.138. The highest BCUT2D eigenvalue weighted by Gasteiger charge is 2.30. The van der Waals surface area contributed by atoms with E-state index in [9.17, 15) is 9.59 Å². The molecule has 21 heavy (non-hydrogen) atoms. The smallest absolute Gasteiger partial charge is 0.317 e. The highest BCUT2D eigenvalue weighted by molar-refractivity contribution is 5.72. The van der Waals surface area contributed by atoms with Crippen LogP contribution in [0.1, 0.15) is 42.9 Å². The molecule has 114 valence electrons. The van der Waals surface area contributed by atoms with Crippen LogP contribution in [0.5, 0.6) is 0 Å². The third-order valence-electron chi connectivity index (χ3n) is 3.56. The standard InChI is InChI=1S/C14H20N4O3/c1-9-15-6-11(7-16-10(2)19)14(17-9)12-4-3-5-18(12)8-13(20)21/h6,12H,3-5,7-8H2,1-2H3,(H,16,19)(H,20,21)/t12-/m1/s1. The van der Waals surface area contributed by atoms with Gasteiger partial charge in [-0.05, 0) is 26.3 Å². The number of carboxylic acids is 1. The molecule has 0 aromatic carbocycles. The summed E-state index contributed by atoms with van der Waals surface area (Å²) in [5.74, 6) is -0.301. The second-order valence-electron chi connectivity index (χ2n) is 5.26. The van der Waals surface area contributed by atoms with Crippen molar-refractivity contribution in [2.75, 3.05) is 13.1 Å². The fourth-order valence-corrected chi connectivity index (χ4v) is 2.66. The molecule has 2 N–H and O–H groups in total. The predicted octanol–water partition coefficient (Wildman–Crippen LogP) is 0.643. The summed E-state index contributed by atoms with van der Waals surface area (Å²) in [5.41, 5.74) is 1.67. The minimum atomic E-state index is -0.837. The van der Waals surface area contributed by atoms with Crippen LogP contribution in [0.2, 0.25) is 0 Å². The van der Waals surface area contributed by atoms with E-state index in [1.807, 2.05) is 11.8 Å². The number of nitrogens with zero attached hydrogens (tertiary/aromatic N) is 3. The number of aryl methyl sites for hydroxylation is 1. The van der Waals surface area contributed by atoms with Gasteiger partial charge in [-0.3, -0.25) is 14.5 Å². The van der Waals surface area contributed by atoms with Crippen LogP contribution in [0.15, 0.2) is 6.20 Å². The number of likely N-dealkylation sites (tertiary alicyclic amines) is 1. The Hall–Kier alpha value is -2.02. The average Bonchev–Trinajstić information content (AvgIpc) is 2.84. The van der Waals surface area contributed by atoms with E-state index in [0.717, 1.165) is 30.6 Å². The van der Waals surface area contributed by atoms with Gasteiger partial charge in [0.1, 0.15) is 5.82 Å². The van der Waals surface area contributed by atoms with Crippen LogP contribution in [-0.4, -0.2) is 44.9 Å². The molecule has 0 saturated carbocycles. The van der Waals surface area contributed by atoms with Crippen molar-refractivity contribution in [3.8, 4) is 0 Å². The first kappa shape index (κ1) is 15.4. The number of hydrogen-bond acceptors (Lipinski definition) is 5. The van der Waals surface area contributed by atoms with Gasteiger partial charge in [0, 0.05) is 25.2 Å². The fourth-order valence-electron chi connectivity index (χ4n) is 2.66. The minimum absolute atomic E-state index is 0.00724. The second-order valence-corrected chi connectivity index (χ2v) is 5.26. The predicted molar refractivity (Wildman–Crippen MR) is 75.5 cm³/mol. The van der Waals surface area contributed by atoms with Gasteiger partial charge in [-0.15, -0.1) is 0 Å². The Balaban J connectivity index is 2.25. The number of hydrogen-bond donors (Lipinski definition) is 2. The molecule has 0 unspecified atom stereocenters. The Bertz CT molecular complexity index is 547. The fraction of sp³-hybridized carbons (Fsp3) is 0.571. The van der Waals surface area contributed by atoms with Crippen LogP contribution in [0.25, 0.3) is 0 Å². The summed E-state index contributed by atoms with van der Waals surface area (Å²) in [5, 5.41) is 11.8. The molecule has 1 aromatic rings. The summed E-state index contributed by atoms with van der Waals surface area (Å²) in [6.07, 6.45) is 3.53. The molecule has 0 aliphatic carbocycles. The number of carbonyl (C=O) groups excluding carboxylic acids is 1. The first-order valence-corrected chi connectivity index (χ1v) is 7.00. The summed E-state index contributed by atoms with van der Waals surface area (Å²) in [4.78, 5) is 32.6. The van der Waals surface area contributed by atoms with Gasteiger partial charge < -0.3 is 10.4 Å². The Morgan fingerprint density at radius 3 is 2.95 bits per heavy atom. The lowest BCUT2D eigenvalue weighted by Crippen LogP contribution is -2.31. The van der Waals surface area contributed by atoms with Crippen molar-refractivity contribution < 1.29 is 14.7 Å². The van der Waals surface area contributed by atoms with Crippen molar-refractivity contribution in [3.63, 3.8) is 0 Å². The van der Waals surface area contributed by atoms with Crippen LogP contribution in [0.4, 0.5) is 0 Å². The Labute approximate surface area is 123 Å². The number of nitrogens with one attached hydrogen (secondary N) is 1. The van der Waals surface area contributed by atoms with Crippen LogP contribution in [0.3, 0.4) is 0 Å². The van der Waals surface area contributed by atoms with E-state index in [1.54, 1.807) is 6.20 Å². The minimum Gasteiger partial charge on any atom is -0.480 e. The van der Waals surface area contributed by atoms with Gasteiger partial charge in [-0.25, -0.2) is 9.97 Å². The molecule has 2 heterocycles. The molecule has 1 aliphatic rings. The van der Waals surface area contributed by atoms with Crippen molar-refractivity contribution in [3.05, 3.63) is 23.3 Å². The van der Waals surface area contributed by atoms with Crippen molar-refractivity contribution in [1.82, 2.24) is 20.2 Å². The second kappa shape index (κ2) is 6.62. The number of carbonyl (C=O) groups is 2. The largest absolute Gasteiger partial charge is 0.480 e. The molecule has 0 radical (unpaired) electrons. The highest BCUT2D eigenvalue weighted by Crippen LogP contribution is 2.32. The van der Waals surface area contributed by atoms with Gasteiger partial charge in [-0.2, -0.15) is 0 Å². The molecular formula is C14H20N4O3. The lowest BCUT2D eigenvalue weighted by atomic mass is 10.1. The lowest BCUT2D eigenvalue weighted by Gasteiger charge is -2.24. The van der Waals surface area contributed by atoms with E-state index in [0.29, 0.717) is 12.4 Å². The summed E-state index contributed by atoms with van der Waals surface area (Å²) in [6, 6.07) is -0.0217. The van der Waals surface area contributed by atoms with E-state index in [-0.39, 0.29) is 18.5 Å². The number of carboxylic acid groups (broad SMARTS) is 1. The number of aliphatic carboxylic acids is 1. The molecule has 2 rings (SSSR count). The van der Waals surface area contributed by atoms with E-state index in [2.05, 4.69) is 15.3 Å². The van der Waals surface area contributed by atoms with Gasteiger partial charge >= 0.3 is 5.97 Å². The molecule has 1 atom stereocenters. The highest BCUT2D eigenvalue weighted by atomic mass is 16.4. The van der Waals surface area contributed by atoms with Crippen molar-refractivity contribution >= 4 is 11.9 Å². The van der Waals surface area contributed by atoms with E-state index in [1.165, 1.54) is 6.92 Å². The van der Waals surface area contributed by atoms with Crippen LogP contribution in [0, 0.1) is 6.92 Å². The average molecular weight is 292 g/mol. The summed E-state index contributed by atoms with van der Waals surface area (Å²) in [6.45, 7) is 4.39. The maximum absolute atomic E-state index is 11.1. The normalized spacial score (nSPS) is 18.7. The van der Waals surface area contributed by atoms with Crippen molar-refractivity contribution in [2.24, 2.45) is 0 Å². The summed E-state index contributed by atoms with van der Waals surface area (Å²) in [7, 11) is 0. The number of amides is 1. The van der Waals surface area contributed by atoms with Gasteiger partial charge in [0.15, 0.2) is 0 Å². The van der Waals surface area contributed by atoms with Gasteiger partial charge in [0.25, 0.3) is 0 Å². The first-order chi connectivity index (χ1) is 9.97. The number of aromatic nitrogens is 2. The van der Waals surface area contributed by atoms with E-state index >= 15 is 0 Å². The third kappa shape index (κ3) is 3.98. The van der Waals surface area contributed by atoms with Crippen LogP contribution >= 0.6 is 0 Å². The molecular weight excluding hydrogens is 272 g/mol. The van der Waals surface area contributed by atoms with Crippen LogP contribution < -0.4 is 5.32 Å². The van der Waals surface area contributed by atoms with Crippen molar-refractivity contribution in [1.29, 1.82) is 0 Å². The Morgan fingerprint density at radius 1 is 1.52 bits per heavy atom.